The van der Waals surface area contributed by atoms with Crippen molar-refractivity contribution in [1.29, 1.82) is 0 Å². The molecular weight excluding hydrogens is 494 g/mol. The number of benzene rings is 1. The predicted octanol–water partition coefficient (Wildman–Crippen LogP) is 0.583. The first-order chi connectivity index (χ1) is 17.8. The topological polar surface area (TPSA) is 171 Å². The molecule has 0 unspecified atom stereocenters. The number of nitrogens with one attached hydrogen (secondary N) is 1. The van der Waals surface area contributed by atoms with Crippen molar-refractivity contribution >= 4 is 17.5 Å². The highest BCUT2D eigenvalue weighted by molar-refractivity contribution is 6.25. The van der Waals surface area contributed by atoms with Crippen LogP contribution < -0.4 is 5.32 Å². The molecule has 11 heteroatoms. The maximum Gasteiger partial charge on any atom is 0.259 e. The van der Waals surface area contributed by atoms with E-state index in [-0.39, 0.29) is 18.0 Å². The first-order valence-corrected chi connectivity index (χ1v) is 12.6. The maximum absolute atomic E-state index is 13.8. The van der Waals surface area contributed by atoms with Crippen molar-refractivity contribution in [3.05, 3.63) is 52.0 Å². The number of likely N-dealkylation sites (N-methyl/N-ethyl adjacent to an activating group) is 1. The van der Waals surface area contributed by atoms with Crippen molar-refractivity contribution < 1.29 is 39.9 Å². The van der Waals surface area contributed by atoms with Crippen LogP contribution in [0.1, 0.15) is 42.1 Å². The number of hydrogen-bond donors (Lipinski definition) is 6. The molecule has 11 nitrogen and oxygen atoms in total. The van der Waals surface area contributed by atoms with Gasteiger partial charge >= 0.3 is 0 Å². The average Bonchev–Trinajstić information content (AvgIpc) is 2.85. The number of phenols is 1. The number of fused-ring (bicyclic) bond motifs is 3. The van der Waals surface area contributed by atoms with Gasteiger partial charge in [0.15, 0.2) is 11.4 Å². The Labute approximate surface area is 220 Å². The molecule has 6 N–H and O–H groups in total. The monoisotopic (exact) mass is 529 g/mol. The lowest BCUT2D eigenvalue weighted by molar-refractivity contribution is -0.162. The molecule has 0 fully saturated rings. The number of ketones is 2. The van der Waals surface area contributed by atoms with Crippen LogP contribution in [-0.4, -0.2) is 105 Å². The Morgan fingerprint density at radius 3 is 2.39 bits per heavy atom. The van der Waals surface area contributed by atoms with Gasteiger partial charge in [0.05, 0.1) is 30.3 Å². The fraction of sp³-hybridized carbons (Fsp3) is 0.519. The van der Waals surface area contributed by atoms with E-state index >= 15 is 0 Å². The summed E-state index contributed by atoms with van der Waals surface area (Å²) in [5, 5.41) is 59.1. The van der Waals surface area contributed by atoms with Gasteiger partial charge in [-0.15, -0.1) is 0 Å². The number of phenolic OH excluding ortho intramolecular Hbond substituents is 1. The Kier molecular flexibility index (Phi) is 7.17. The summed E-state index contributed by atoms with van der Waals surface area (Å²) in [5.41, 5.74) is -3.68. The van der Waals surface area contributed by atoms with Gasteiger partial charge in [0.2, 0.25) is 5.78 Å². The largest absolute Gasteiger partial charge is 0.510 e. The van der Waals surface area contributed by atoms with E-state index in [1.165, 1.54) is 25.1 Å². The van der Waals surface area contributed by atoms with Crippen LogP contribution in [0.3, 0.4) is 0 Å². The number of carbonyl (C=O) groups is 3. The van der Waals surface area contributed by atoms with E-state index in [0.717, 1.165) is 6.42 Å². The van der Waals surface area contributed by atoms with E-state index in [4.69, 9.17) is 0 Å². The summed E-state index contributed by atoms with van der Waals surface area (Å²) in [7, 11) is 4.82. The Bertz CT molecular complexity index is 1250. The third-order valence-electron chi connectivity index (χ3n) is 8.09. The van der Waals surface area contributed by atoms with Gasteiger partial charge in [-0.1, -0.05) is 26.0 Å². The van der Waals surface area contributed by atoms with Crippen molar-refractivity contribution in [2.24, 2.45) is 11.8 Å². The molecule has 6 atom stereocenters. The number of nitrogens with zero attached hydrogens (tertiary/aromatic N) is 2. The van der Waals surface area contributed by atoms with Crippen LogP contribution in [0.15, 0.2) is 40.9 Å². The Hall–Kier alpha value is -3.25. The van der Waals surface area contributed by atoms with E-state index in [2.05, 4.69) is 5.32 Å². The van der Waals surface area contributed by atoms with E-state index in [9.17, 15) is 39.9 Å². The highest BCUT2D eigenvalue weighted by Gasteiger charge is 2.67. The van der Waals surface area contributed by atoms with Crippen molar-refractivity contribution in [1.82, 2.24) is 15.1 Å². The molecule has 0 spiro atoms. The minimum absolute atomic E-state index is 0.0506. The van der Waals surface area contributed by atoms with Crippen molar-refractivity contribution in [2.75, 3.05) is 34.4 Å². The van der Waals surface area contributed by atoms with E-state index in [1.54, 1.807) is 31.0 Å². The highest BCUT2D eigenvalue weighted by atomic mass is 16.4. The van der Waals surface area contributed by atoms with Crippen molar-refractivity contribution in [2.45, 2.75) is 43.9 Å². The van der Waals surface area contributed by atoms with Crippen LogP contribution in [-0.2, 0) is 9.59 Å². The first-order valence-electron chi connectivity index (χ1n) is 12.6. The number of amides is 1. The zero-order valence-corrected chi connectivity index (χ0v) is 22.1. The maximum atomic E-state index is 13.8. The molecule has 0 bridgehead atoms. The van der Waals surface area contributed by atoms with Crippen LogP contribution in [0.5, 0.6) is 5.75 Å². The van der Waals surface area contributed by atoms with E-state index in [0.29, 0.717) is 12.1 Å². The Morgan fingerprint density at radius 2 is 1.79 bits per heavy atom. The SMILES string of the molecule is CCCN(C)CNC(=O)C1=C(O)[C@@H](N(C)C)[C@@H]2[C@@H](O)[C@H]3C(=C(O)[C@]2(O)C1=O)C(=O)c1c(O)cccc1[C@@H]3C. The molecule has 4 rings (SSSR count). The van der Waals surface area contributed by atoms with Crippen LogP contribution in [0.4, 0.5) is 0 Å². The number of aliphatic hydroxyl groups excluding tert-OH is 3. The first kappa shape index (κ1) is 27.8. The minimum Gasteiger partial charge on any atom is -0.510 e. The molecule has 38 heavy (non-hydrogen) atoms. The fourth-order valence-electron chi connectivity index (χ4n) is 6.32. The molecule has 3 aliphatic rings. The van der Waals surface area contributed by atoms with E-state index < -0.39 is 75.6 Å². The third kappa shape index (κ3) is 3.84. The lowest BCUT2D eigenvalue weighted by atomic mass is 9.55. The second-order valence-electron chi connectivity index (χ2n) is 10.7. The van der Waals surface area contributed by atoms with Crippen LogP contribution in [0.25, 0.3) is 0 Å². The molecule has 0 aliphatic heterocycles. The number of aromatic hydroxyl groups is 1. The Morgan fingerprint density at radius 1 is 1.13 bits per heavy atom. The smallest absolute Gasteiger partial charge is 0.259 e. The van der Waals surface area contributed by atoms with Crippen LogP contribution >= 0.6 is 0 Å². The molecule has 1 aromatic carbocycles. The molecule has 0 radical (unpaired) electrons. The fourth-order valence-corrected chi connectivity index (χ4v) is 6.32. The summed E-state index contributed by atoms with van der Waals surface area (Å²) in [6.45, 7) is 4.36. The van der Waals surface area contributed by atoms with Gasteiger partial charge in [-0.05, 0) is 51.7 Å². The van der Waals surface area contributed by atoms with Gasteiger partial charge < -0.3 is 30.8 Å². The quantitative estimate of drug-likeness (QED) is 0.226. The van der Waals surface area contributed by atoms with Crippen molar-refractivity contribution in [3.63, 3.8) is 0 Å². The highest BCUT2D eigenvalue weighted by Crippen LogP contribution is 2.55. The molecule has 206 valence electrons. The summed E-state index contributed by atoms with van der Waals surface area (Å²) in [4.78, 5) is 43.7. The van der Waals surface area contributed by atoms with Gasteiger partial charge in [-0.3, -0.25) is 24.2 Å². The standard InChI is InChI=1S/C27H35N3O8/c1-6-10-30(5)11-28-26(37)18-23(34)20(29(3)4)19-22(33)15-12(2)13-8-7-9-14(31)16(13)21(32)17(15)24(35)27(19,38)25(18)36/h7-9,12,15,19-20,22,31,33-35,38H,6,10-11H2,1-5H3,(H,28,37)/t12-,15+,19+,20-,22-,27-/m0/s1. The summed E-state index contributed by atoms with van der Waals surface area (Å²) in [6, 6.07) is 3.25. The lowest BCUT2D eigenvalue weighted by Crippen LogP contribution is -2.68. The molecule has 1 amide bonds. The Balaban J connectivity index is 1.89. The zero-order chi connectivity index (χ0) is 28.3. The molecule has 0 aromatic heterocycles. The summed E-state index contributed by atoms with van der Waals surface area (Å²) >= 11 is 0. The number of hydrogen-bond acceptors (Lipinski definition) is 10. The van der Waals surface area contributed by atoms with Gasteiger partial charge in [0, 0.05) is 11.5 Å². The average molecular weight is 530 g/mol. The number of rotatable bonds is 6. The van der Waals surface area contributed by atoms with Crippen molar-refractivity contribution in [3.8, 4) is 5.75 Å². The minimum atomic E-state index is -2.88. The van der Waals surface area contributed by atoms with Gasteiger partial charge in [-0.2, -0.15) is 0 Å². The number of carbonyl (C=O) groups excluding carboxylic acids is 3. The number of aliphatic hydroxyl groups is 4. The van der Waals surface area contributed by atoms with Gasteiger partial charge in [0.1, 0.15) is 22.8 Å². The molecular formula is C27H35N3O8. The summed E-state index contributed by atoms with van der Waals surface area (Å²) in [6.07, 6.45) is -0.770. The second kappa shape index (κ2) is 9.81. The normalized spacial score (nSPS) is 30.9. The molecule has 0 heterocycles. The summed E-state index contributed by atoms with van der Waals surface area (Å²) in [5.74, 6) is -8.24. The predicted molar refractivity (Wildman–Crippen MR) is 137 cm³/mol. The molecule has 3 aliphatic carbocycles. The van der Waals surface area contributed by atoms with Crippen LogP contribution in [0, 0.1) is 11.8 Å². The third-order valence-corrected chi connectivity index (χ3v) is 8.09. The lowest BCUT2D eigenvalue weighted by Gasteiger charge is -2.53. The zero-order valence-electron chi connectivity index (χ0n) is 22.1. The summed E-state index contributed by atoms with van der Waals surface area (Å²) < 4.78 is 0. The molecule has 0 saturated heterocycles. The van der Waals surface area contributed by atoms with E-state index in [1.807, 2.05) is 6.92 Å². The second-order valence-corrected chi connectivity index (χ2v) is 10.7. The van der Waals surface area contributed by atoms with Crippen LogP contribution in [0.2, 0.25) is 0 Å². The molecule has 1 aromatic rings. The van der Waals surface area contributed by atoms with Gasteiger partial charge in [-0.25, -0.2) is 0 Å². The van der Waals surface area contributed by atoms with Gasteiger partial charge in [0.25, 0.3) is 5.91 Å². The number of Topliss-reactive ketones (excluding diaryl/α,β-unsaturated/α-hetero) is 2. The molecule has 0 saturated carbocycles.